The first-order valence-corrected chi connectivity index (χ1v) is 6.73. The Kier molecular flexibility index (Phi) is 6.71. The molecule has 0 bridgehead atoms. The second-order valence-corrected chi connectivity index (χ2v) is 4.67. The van der Waals surface area contributed by atoms with Gasteiger partial charge in [0, 0.05) is 19.3 Å². The summed E-state index contributed by atoms with van der Waals surface area (Å²) in [6.45, 7) is 7.81. The fourth-order valence-electron chi connectivity index (χ4n) is 2.01. The highest BCUT2D eigenvalue weighted by molar-refractivity contribution is 5.52. The van der Waals surface area contributed by atoms with Gasteiger partial charge in [-0.25, -0.2) is 0 Å². The SMILES string of the molecule is CCCNCCCCN(C)c1ccccc1C. The van der Waals surface area contributed by atoms with Crippen LogP contribution in [0.3, 0.4) is 0 Å². The molecular weight excluding hydrogens is 208 g/mol. The lowest BCUT2D eigenvalue weighted by molar-refractivity contribution is 0.615. The van der Waals surface area contributed by atoms with Crippen LogP contribution in [0.4, 0.5) is 5.69 Å². The van der Waals surface area contributed by atoms with E-state index in [1.54, 1.807) is 0 Å². The fraction of sp³-hybridized carbons (Fsp3) is 0.600. The van der Waals surface area contributed by atoms with Crippen molar-refractivity contribution < 1.29 is 0 Å². The second kappa shape index (κ2) is 8.13. The van der Waals surface area contributed by atoms with Crippen molar-refractivity contribution in [3.8, 4) is 0 Å². The summed E-state index contributed by atoms with van der Waals surface area (Å²) < 4.78 is 0. The van der Waals surface area contributed by atoms with E-state index in [0.29, 0.717) is 0 Å². The molecule has 2 nitrogen and oxygen atoms in total. The molecular formula is C15H26N2. The van der Waals surface area contributed by atoms with Gasteiger partial charge in [0.05, 0.1) is 0 Å². The Bertz CT molecular complexity index is 310. The van der Waals surface area contributed by atoms with Gasteiger partial charge >= 0.3 is 0 Å². The van der Waals surface area contributed by atoms with Crippen molar-refractivity contribution in [1.82, 2.24) is 5.32 Å². The van der Waals surface area contributed by atoms with Gasteiger partial charge in [0.1, 0.15) is 0 Å². The summed E-state index contributed by atoms with van der Waals surface area (Å²) in [6.07, 6.45) is 3.74. The number of hydrogen-bond acceptors (Lipinski definition) is 2. The standard InChI is InChI=1S/C15H26N2/c1-4-11-16-12-7-8-13-17(3)15-10-6-5-9-14(15)2/h5-6,9-10,16H,4,7-8,11-13H2,1-3H3. The average molecular weight is 234 g/mol. The molecule has 1 aromatic rings. The fourth-order valence-corrected chi connectivity index (χ4v) is 2.01. The normalized spacial score (nSPS) is 10.5. The number of nitrogens with one attached hydrogen (secondary N) is 1. The van der Waals surface area contributed by atoms with Gasteiger partial charge < -0.3 is 10.2 Å². The van der Waals surface area contributed by atoms with Gasteiger partial charge in [0.2, 0.25) is 0 Å². The van der Waals surface area contributed by atoms with E-state index in [1.165, 1.54) is 30.5 Å². The zero-order valence-electron chi connectivity index (χ0n) is 11.5. The lowest BCUT2D eigenvalue weighted by Gasteiger charge is -2.21. The first-order valence-electron chi connectivity index (χ1n) is 6.73. The van der Waals surface area contributed by atoms with Crippen LogP contribution in [0.1, 0.15) is 31.7 Å². The first-order chi connectivity index (χ1) is 8.25. The Morgan fingerprint density at radius 1 is 1.12 bits per heavy atom. The summed E-state index contributed by atoms with van der Waals surface area (Å²) in [5, 5.41) is 3.44. The number of unbranched alkanes of at least 4 members (excludes halogenated alkanes) is 1. The van der Waals surface area contributed by atoms with Crippen molar-refractivity contribution in [1.29, 1.82) is 0 Å². The number of benzene rings is 1. The van der Waals surface area contributed by atoms with Gasteiger partial charge in [-0.3, -0.25) is 0 Å². The maximum atomic E-state index is 3.44. The van der Waals surface area contributed by atoms with Crippen LogP contribution in [-0.2, 0) is 0 Å². The molecule has 0 aliphatic heterocycles. The zero-order chi connectivity index (χ0) is 12.5. The average Bonchev–Trinajstić information content (AvgIpc) is 2.34. The molecule has 0 aliphatic carbocycles. The van der Waals surface area contributed by atoms with E-state index >= 15 is 0 Å². The monoisotopic (exact) mass is 234 g/mol. The number of nitrogens with zero attached hydrogens (tertiary/aromatic N) is 1. The summed E-state index contributed by atoms with van der Waals surface area (Å²) >= 11 is 0. The third-order valence-electron chi connectivity index (χ3n) is 3.05. The molecule has 0 aromatic heterocycles. The van der Waals surface area contributed by atoms with E-state index in [0.717, 1.165) is 19.6 Å². The van der Waals surface area contributed by atoms with Gasteiger partial charge in [-0.2, -0.15) is 0 Å². The topological polar surface area (TPSA) is 15.3 Å². The van der Waals surface area contributed by atoms with Crippen LogP contribution in [0, 0.1) is 6.92 Å². The van der Waals surface area contributed by atoms with Crippen molar-refractivity contribution in [2.45, 2.75) is 33.1 Å². The molecule has 0 spiro atoms. The molecule has 0 amide bonds. The lowest BCUT2D eigenvalue weighted by atomic mass is 10.2. The van der Waals surface area contributed by atoms with Crippen molar-refractivity contribution in [3.05, 3.63) is 29.8 Å². The number of hydrogen-bond donors (Lipinski definition) is 1. The van der Waals surface area contributed by atoms with Crippen LogP contribution in [0.5, 0.6) is 0 Å². The molecule has 1 aromatic carbocycles. The van der Waals surface area contributed by atoms with Crippen LogP contribution in [0.2, 0.25) is 0 Å². The molecule has 96 valence electrons. The zero-order valence-corrected chi connectivity index (χ0v) is 11.5. The summed E-state index contributed by atoms with van der Waals surface area (Å²) in [4.78, 5) is 2.36. The van der Waals surface area contributed by atoms with E-state index < -0.39 is 0 Å². The Hall–Kier alpha value is -1.02. The van der Waals surface area contributed by atoms with Crippen LogP contribution in [0.15, 0.2) is 24.3 Å². The predicted molar refractivity (Wildman–Crippen MR) is 76.8 cm³/mol. The Morgan fingerprint density at radius 2 is 1.88 bits per heavy atom. The van der Waals surface area contributed by atoms with Crippen LogP contribution < -0.4 is 10.2 Å². The molecule has 1 rings (SSSR count). The third-order valence-corrected chi connectivity index (χ3v) is 3.05. The van der Waals surface area contributed by atoms with Gasteiger partial charge in [0.15, 0.2) is 0 Å². The van der Waals surface area contributed by atoms with Crippen molar-refractivity contribution in [2.24, 2.45) is 0 Å². The van der Waals surface area contributed by atoms with Crippen molar-refractivity contribution in [3.63, 3.8) is 0 Å². The molecule has 0 saturated carbocycles. The van der Waals surface area contributed by atoms with E-state index in [1.807, 2.05) is 0 Å². The molecule has 0 aliphatic rings. The molecule has 0 unspecified atom stereocenters. The minimum atomic E-state index is 1.14. The lowest BCUT2D eigenvalue weighted by Crippen LogP contribution is -2.21. The smallest absolute Gasteiger partial charge is 0.0393 e. The van der Waals surface area contributed by atoms with Crippen LogP contribution >= 0.6 is 0 Å². The molecule has 17 heavy (non-hydrogen) atoms. The largest absolute Gasteiger partial charge is 0.374 e. The van der Waals surface area contributed by atoms with Crippen molar-refractivity contribution in [2.75, 3.05) is 31.6 Å². The molecule has 1 N–H and O–H groups in total. The maximum Gasteiger partial charge on any atom is 0.0393 e. The van der Waals surface area contributed by atoms with Gasteiger partial charge in [-0.15, -0.1) is 0 Å². The minimum absolute atomic E-state index is 1.14. The first kappa shape index (κ1) is 14.0. The van der Waals surface area contributed by atoms with E-state index in [-0.39, 0.29) is 0 Å². The van der Waals surface area contributed by atoms with E-state index in [4.69, 9.17) is 0 Å². The van der Waals surface area contributed by atoms with E-state index in [2.05, 4.69) is 55.4 Å². The minimum Gasteiger partial charge on any atom is -0.374 e. The maximum absolute atomic E-state index is 3.44. The number of para-hydroxylation sites is 1. The van der Waals surface area contributed by atoms with E-state index in [9.17, 15) is 0 Å². The summed E-state index contributed by atoms with van der Waals surface area (Å²) in [7, 11) is 2.18. The van der Waals surface area contributed by atoms with Gasteiger partial charge in [-0.05, 0) is 50.9 Å². The molecule has 0 saturated heterocycles. The summed E-state index contributed by atoms with van der Waals surface area (Å²) in [6, 6.07) is 8.59. The highest BCUT2D eigenvalue weighted by Gasteiger charge is 2.02. The van der Waals surface area contributed by atoms with Gasteiger partial charge in [0.25, 0.3) is 0 Å². The van der Waals surface area contributed by atoms with Crippen molar-refractivity contribution >= 4 is 5.69 Å². The molecule has 0 radical (unpaired) electrons. The number of aryl methyl sites for hydroxylation is 1. The Balaban J connectivity index is 2.21. The number of rotatable bonds is 8. The number of anilines is 1. The van der Waals surface area contributed by atoms with Crippen LogP contribution in [0.25, 0.3) is 0 Å². The molecule has 0 fully saturated rings. The predicted octanol–water partition coefficient (Wildman–Crippen LogP) is 3.21. The van der Waals surface area contributed by atoms with Gasteiger partial charge in [-0.1, -0.05) is 25.1 Å². The van der Waals surface area contributed by atoms with Crippen LogP contribution in [-0.4, -0.2) is 26.7 Å². The highest BCUT2D eigenvalue weighted by atomic mass is 15.1. The molecule has 0 atom stereocenters. The summed E-state index contributed by atoms with van der Waals surface area (Å²) in [5.74, 6) is 0. The molecule has 2 heteroatoms. The molecule has 0 heterocycles. The highest BCUT2D eigenvalue weighted by Crippen LogP contribution is 2.17. The second-order valence-electron chi connectivity index (χ2n) is 4.67. The third kappa shape index (κ3) is 5.22. The Labute approximate surface area is 106 Å². The Morgan fingerprint density at radius 3 is 2.59 bits per heavy atom. The summed E-state index contributed by atoms with van der Waals surface area (Å²) in [5.41, 5.74) is 2.72. The quantitative estimate of drug-likeness (QED) is 0.695.